The van der Waals surface area contributed by atoms with Crippen LogP contribution in [0, 0.1) is 0 Å². The highest BCUT2D eigenvalue weighted by Gasteiger charge is 2.46. The van der Waals surface area contributed by atoms with Gasteiger partial charge in [-0.15, -0.1) is 0 Å². The molecule has 0 radical (unpaired) electrons. The average Bonchev–Trinajstić information content (AvgIpc) is 3.37. The largest absolute Gasteiger partial charge is 0.379 e. The fraction of sp³-hybridized carbons (Fsp3) is 0.417. The van der Waals surface area contributed by atoms with Crippen LogP contribution in [0.1, 0.15) is 74.7 Å². The lowest BCUT2D eigenvalue weighted by atomic mass is 9.87. The number of hydrogen-bond acceptors (Lipinski definition) is 10. The van der Waals surface area contributed by atoms with Crippen molar-refractivity contribution in [1.82, 2.24) is 30.2 Å². The molecule has 4 aliphatic heterocycles. The third-order valence-electron chi connectivity index (χ3n) is 10.3. The summed E-state index contributed by atoms with van der Waals surface area (Å²) in [5.41, 5.74) is 3.34. The molecule has 3 fully saturated rings. The van der Waals surface area contributed by atoms with Crippen molar-refractivity contribution in [1.29, 1.82) is 0 Å². The van der Waals surface area contributed by atoms with E-state index in [0.717, 1.165) is 30.0 Å². The van der Waals surface area contributed by atoms with E-state index in [2.05, 4.69) is 48.9 Å². The first-order valence-corrected chi connectivity index (χ1v) is 17.9. The molecule has 1 unspecified atom stereocenters. The van der Waals surface area contributed by atoms with Gasteiger partial charge in [-0.05, 0) is 84.4 Å². The van der Waals surface area contributed by atoms with E-state index in [4.69, 9.17) is 0 Å². The van der Waals surface area contributed by atoms with Crippen LogP contribution >= 0.6 is 15.9 Å². The van der Waals surface area contributed by atoms with E-state index in [1.54, 1.807) is 31.4 Å². The fourth-order valence-electron chi connectivity index (χ4n) is 7.70. The molecule has 5 amide bonds. The number of carbonyl (C=O) groups excluding carboxylic acids is 5. The summed E-state index contributed by atoms with van der Waals surface area (Å²) in [4.78, 5) is 81.9. The van der Waals surface area contributed by atoms with Crippen LogP contribution < -0.4 is 26.4 Å². The van der Waals surface area contributed by atoms with E-state index < -0.39 is 29.7 Å². The van der Waals surface area contributed by atoms with Crippen molar-refractivity contribution in [2.24, 2.45) is 7.05 Å². The van der Waals surface area contributed by atoms with Gasteiger partial charge in [0.05, 0.1) is 28.7 Å². The van der Waals surface area contributed by atoms with Crippen LogP contribution in [0.5, 0.6) is 0 Å². The number of hydrogen-bond donors (Lipinski definition) is 3. The molecule has 2 aromatic carbocycles. The Kier molecular flexibility index (Phi) is 9.50. The molecule has 3 N–H and O–H groups in total. The number of fused-ring (bicyclic) bond motifs is 1. The van der Waals surface area contributed by atoms with E-state index in [9.17, 15) is 28.8 Å². The summed E-state index contributed by atoms with van der Waals surface area (Å²) in [6.07, 6.45) is 3.97. The summed E-state index contributed by atoms with van der Waals surface area (Å²) in [5.74, 6) is -2.02. The second-order valence-electron chi connectivity index (χ2n) is 13.8. The molecule has 0 bridgehead atoms. The molecule has 0 aliphatic carbocycles. The Morgan fingerprint density at radius 3 is 2.39 bits per heavy atom. The Balaban J connectivity index is 0.950. The second kappa shape index (κ2) is 14.0. The molecule has 5 heterocycles. The van der Waals surface area contributed by atoms with Gasteiger partial charge in [0.25, 0.3) is 23.3 Å². The van der Waals surface area contributed by atoms with Crippen LogP contribution in [0.15, 0.2) is 57.9 Å². The quantitative estimate of drug-likeness (QED) is 0.305. The van der Waals surface area contributed by atoms with E-state index in [0.29, 0.717) is 47.3 Å². The maximum absolute atomic E-state index is 13.6. The van der Waals surface area contributed by atoms with Crippen LogP contribution in [-0.2, 0) is 16.6 Å². The SMILES string of the molecule is CN1C[C@@H](Nc2cnn(C)c(=O)c2Br)C[C@@H](c2ccc(C(=O)NC3CCN(c4cccc5c4C(=O)N(C4CCC(=O)NC4=O)C5=O)CC3)cc2)C1. The molecule has 1 aromatic heterocycles. The van der Waals surface area contributed by atoms with E-state index in [1.807, 2.05) is 29.2 Å². The fourth-order valence-corrected chi connectivity index (χ4v) is 8.17. The zero-order valence-electron chi connectivity index (χ0n) is 28.4. The number of amides is 5. The number of nitrogens with one attached hydrogen (secondary N) is 3. The average molecular weight is 760 g/mol. The van der Waals surface area contributed by atoms with Crippen LogP contribution in [0.25, 0.3) is 0 Å². The number of piperidine rings is 3. The number of aryl methyl sites for hydroxylation is 1. The van der Waals surface area contributed by atoms with Gasteiger partial charge in [-0.3, -0.25) is 39.0 Å². The molecule has 266 valence electrons. The monoisotopic (exact) mass is 758 g/mol. The molecule has 15 heteroatoms. The zero-order valence-corrected chi connectivity index (χ0v) is 29.9. The van der Waals surface area contributed by atoms with Crippen LogP contribution in [0.3, 0.4) is 0 Å². The summed E-state index contributed by atoms with van der Waals surface area (Å²) in [6.45, 7) is 2.82. The predicted octanol–water partition coefficient (Wildman–Crippen LogP) is 2.24. The summed E-state index contributed by atoms with van der Waals surface area (Å²) in [7, 11) is 3.69. The molecular formula is C36H39BrN8O6. The number of aromatic nitrogens is 2. The number of anilines is 2. The van der Waals surface area contributed by atoms with E-state index in [-0.39, 0.29) is 53.4 Å². The minimum atomic E-state index is -1.02. The maximum atomic E-state index is 13.6. The molecule has 3 saturated heterocycles. The van der Waals surface area contributed by atoms with Crippen molar-refractivity contribution in [2.75, 3.05) is 43.4 Å². The lowest BCUT2D eigenvalue weighted by molar-refractivity contribution is -0.136. The van der Waals surface area contributed by atoms with Gasteiger partial charge in [0.1, 0.15) is 10.5 Å². The maximum Gasteiger partial charge on any atom is 0.282 e. The molecule has 14 nitrogen and oxygen atoms in total. The van der Waals surface area contributed by atoms with Crippen molar-refractivity contribution >= 4 is 56.8 Å². The topological polar surface area (TPSA) is 166 Å². The number of likely N-dealkylation sites (N-methyl/N-ethyl adjacent to an activating group) is 1. The second-order valence-corrected chi connectivity index (χ2v) is 14.6. The van der Waals surface area contributed by atoms with Crippen LogP contribution in [-0.4, -0.2) is 100 Å². The lowest BCUT2D eigenvalue weighted by Gasteiger charge is -2.37. The van der Waals surface area contributed by atoms with Crippen molar-refractivity contribution in [2.45, 2.75) is 56.1 Å². The number of carbonyl (C=O) groups is 5. The third kappa shape index (κ3) is 6.79. The Morgan fingerprint density at radius 1 is 0.922 bits per heavy atom. The smallest absolute Gasteiger partial charge is 0.282 e. The van der Waals surface area contributed by atoms with Crippen molar-refractivity contribution < 1.29 is 24.0 Å². The predicted molar refractivity (Wildman–Crippen MR) is 192 cm³/mol. The molecule has 3 atom stereocenters. The van der Waals surface area contributed by atoms with Gasteiger partial charge in [0, 0.05) is 57.3 Å². The summed E-state index contributed by atoms with van der Waals surface area (Å²) in [5, 5.41) is 13.0. The number of halogens is 1. The van der Waals surface area contributed by atoms with Gasteiger partial charge in [-0.25, -0.2) is 4.68 Å². The molecular weight excluding hydrogens is 720 g/mol. The van der Waals surface area contributed by atoms with Crippen molar-refractivity contribution in [3.8, 4) is 0 Å². The van der Waals surface area contributed by atoms with Gasteiger partial charge in [-0.1, -0.05) is 18.2 Å². The minimum absolute atomic E-state index is 0.0627. The Bertz CT molecular complexity index is 1970. The van der Waals surface area contributed by atoms with Gasteiger partial charge >= 0.3 is 0 Å². The molecule has 3 aromatic rings. The van der Waals surface area contributed by atoms with Gasteiger partial charge in [0.2, 0.25) is 11.8 Å². The Morgan fingerprint density at radius 2 is 1.67 bits per heavy atom. The summed E-state index contributed by atoms with van der Waals surface area (Å²) in [6, 6.07) is 11.9. The first-order chi connectivity index (χ1) is 24.5. The standard InChI is InChI=1S/C36H39BrN8O6/c1-42-18-22(16-24(19-42)39-26-17-38-43(2)36(51)31(26)37)20-6-8-21(9-7-20)32(47)40-23-12-14-44(15-13-23)27-5-3-4-25-30(27)35(50)45(34(25)49)28-10-11-29(46)41-33(28)48/h3-9,17,22-24,28,39H,10-16,18-19H2,1-2H3,(H,40,47)(H,41,46,48)/t22-,24+,28?/m1/s1. The molecule has 7 rings (SSSR count). The minimum Gasteiger partial charge on any atom is -0.379 e. The Labute approximate surface area is 302 Å². The van der Waals surface area contributed by atoms with Gasteiger partial charge < -0.3 is 20.4 Å². The number of benzene rings is 2. The number of imide groups is 2. The third-order valence-corrected chi connectivity index (χ3v) is 11.1. The first kappa shape index (κ1) is 34.6. The number of likely N-dealkylation sites (tertiary alicyclic amines) is 1. The van der Waals surface area contributed by atoms with Crippen LogP contribution in [0.2, 0.25) is 0 Å². The van der Waals surface area contributed by atoms with Crippen molar-refractivity contribution in [3.05, 3.63) is 85.7 Å². The van der Waals surface area contributed by atoms with Crippen LogP contribution in [0.4, 0.5) is 11.4 Å². The molecule has 0 saturated carbocycles. The zero-order chi connectivity index (χ0) is 36.0. The summed E-state index contributed by atoms with van der Waals surface area (Å²) >= 11 is 3.40. The lowest BCUT2D eigenvalue weighted by Crippen LogP contribution is -2.54. The highest BCUT2D eigenvalue weighted by Crippen LogP contribution is 2.35. The van der Waals surface area contributed by atoms with E-state index >= 15 is 0 Å². The van der Waals surface area contributed by atoms with E-state index in [1.165, 1.54) is 4.68 Å². The molecule has 51 heavy (non-hydrogen) atoms. The first-order valence-electron chi connectivity index (χ1n) is 17.2. The normalized spacial score (nSPS) is 22.9. The van der Waals surface area contributed by atoms with Gasteiger partial charge in [0.15, 0.2) is 0 Å². The van der Waals surface area contributed by atoms with Gasteiger partial charge in [-0.2, -0.15) is 5.10 Å². The number of nitrogens with zero attached hydrogens (tertiary/aromatic N) is 5. The highest BCUT2D eigenvalue weighted by atomic mass is 79.9. The number of rotatable bonds is 7. The highest BCUT2D eigenvalue weighted by molar-refractivity contribution is 9.10. The van der Waals surface area contributed by atoms with Crippen molar-refractivity contribution in [3.63, 3.8) is 0 Å². The Hall–Kier alpha value is -4.89. The molecule has 4 aliphatic rings. The molecule has 0 spiro atoms. The summed E-state index contributed by atoms with van der Waals surface area (Å²) < 4.78 is 1.75.